The van der Waals surface area contributed by atoms with Crippen LogP contribution in [0.1, 0.15) is 16.7 Å². The number of nitrogens with zero attached hydrogens (tertiary/aromatic N) is 2. The highest BCUT2D eigenvalue weighted by Crippen LogP contribution is 2.28. The van der Waals surface area contributed by atoms with Crippen LogP contribution in [0, 0.1) is 18.3 Å². The van der Waals surface area contributed by atoms with Gasteiger partial charge in [-0.3, -0.25) is 9.69 Å². The van der Waals surface area contributed by atoms with Crippen LogP contribution < -0.4 is 14.8 Å². The second-order valence-corrected chi connectivity index (χ2v) is 8.44. The molecule has 0 atom stereocenters. The van der Waals surface area contributed by atoms with Crippen LogP contribution in [0.15, 0.2) is 42.5 Å². The number of benzene rings is 2. The number of hydrogen-bond acceptors (Lipinski definition) is 6. The van der Waals surface area contributed by atoms with E-state index in [4.69, 9.17) is 14.7 Å². The predicted molar refractivity (Wildman–Crippen MR) is 126 cm³/mol. The van der Waals surface area contributed by atoms with E-state index < -0.39 is 0 Å². The van der Waals surface area contributed by atoms with Crippen LogP contribution in [0.2, 0.25) is 0 Å². The molecule has 0 radical (unpaired) electrons. The fourth-order valence-electron chi connectivity index (χ4n) is 3.35. The lowest BCUT2D eigenvalue weighted by Gasteiger charge is -2.26. The quantitative estimate of drug-likeness (QED) is 0.627. The topological polar surface area (TPSA) is 74.6 Å². The molecule has 0 saturated carbocycles. The number of hydrogen-bond donors (Lipinski definition) is 1. The van der Waals surface area contributed by atoms with Crippen LogP contribution in [-0.4, -0.2) is 49.1 Å². The Bertz CT molecular complexity index is 979. The molecule has 1 aliphatic rings. The maximum atomic E-state index is 12.4. The number of nitrogens with one attached hydrogen (secondary N) is 1. The van der Waals surface area contributed by atoms with Crippen molar-refractivity contribution in [3.05, 3.63) is 59.2 Å². The maximum absolute atomic E-state index is 12.4. The summed E-state index contributed by atoms with van der Waals surface area (Å²) in [5, 5.41) is 11.6. The Balaban J connectivity index is 1.59. The van der Waals surface area contributed by atoms with E-state index in [0.29, 0.717) is 11.5 Å². The Kier molecular flexibility index (Phi) is 8.39. The molecule has 0 unspecified atom stereocenters. The van der Waals surface area contributed by atoms with E-state index in [1.807, 2.05) is 30.8 Å². The van der Waals surface area contributed by atoms with Gasteiger partial charge in [-0.2, -0.15) is 17.0 Å². The number of nitriles is 1. The van der Waals surface area contributed by atoms with Crippen molar-refractivity contribution in [1.82, 2.24) is 4.90 Å². The first-order valence-corrected chi connectivity index (χ1v) is 11.3. The third kappa shape index (κ3) is 6.78. The van der Waals surface area contributed by atoms with Crippen molar-refractivity contribution in [2.45, 2.75) is 13.5 Å². The molecule has 31 heavy (non-hydrogen) atoms. The van der Waals surface area contributed by atoms with Crippen LogP contribution >= 0.6 is 11.8 Å². The molecule has 0 aromatic heterocycles. The molecule has 162 valence electrons. The summed E-state index contributed by atoms with van der Waals surface area (Å²) in [7, 11) is 1.53. The molecule has 1 amide bonds. The molecule has 1 aliphatic heterocycles. The number of aryl methyl sites for hydroxylation is 1. The van der Waals surface area contributed by atoms with Gasteiger partial charge in [-0.1, -0.05) is 18.2 Å². The zero-order valence-electron chi connectivity index (χ0n) is 17.9. The van der Waals surface area contributed by atoms with Gasteiger partial charge >= 0.3 is 0 Å². The number of methoxy groups -OCH3 is 1. The first-order valence-electron chi connectivity index (χ1n) is 10.2. The molecule has 6 nitrogen and oxygen atoms in total. The summed E-state index contributed by atoms with van der Waals surface area (Å²) in [5.41, 5.74) is 3.92. The highest BCUT2D eigenvalue weighted by Gasteiger charge is 2.11. The van der Waals surface area contributed by atoms with E-state index in [0.717, 1.165) is 36.4 Å². The number of carbonyl (C=O) groups excluding carboxylic acids is 1. The number of amides is 1. The molecular formula is C24H27N3O3S. The third-order valence-electron chi connectivity index (χ3n) is 4.97. The van der Waals surface area contributed by atoms with Crippen molar-refractivity contribution < 1.29 is 14.3 Å². The van der Waals surface area contributed by atoms with Crippen LogP contribution in [0.3, 0.4) is 0 Å². The molecule has 1 N–H and O–H groups in total. The number of rotatable bonds is 8. The van der Waals surface area contributed by atoms with Gasteiger partial charge in [0.25, 0.3) is 0 Å². The SMILES string of the molecule is COc1cc(/C=C/C(=O)Nc2ccc(CN3CCSCC3)cc2C)ccc1OCC#N. The van der Waals surface area contributed by atoms with E-state index in [9.17, 15) is 4.79 Å². The van der Waals surface area contributed by atoms with Crippen LogP contribution in [-0.2, 0) is 11.3 Å². The minimum atomic E-state index is -0.201. The molecule has 1 fully saturated rings. The summed E-state index contributed by atoms with van der Waals surface area (Å²) >= 11 is 2.01. The Hall–Kier alpha value is -2.95. The number of anilines is 1. The smallest absolute Gasteiger partial charge is 0.248 e. The summed E-state index contributed by atoms with van der Waals surface area (Å²) in [5.74, 6) is 3.19. The fraction of sp³-hybridized carbons (Fsp3) is 0.333. The first-order chi connectivity index (χ1) is 15.1. The van der Waals surface area contributed by atoms with E-state index in [-0.39, 0.29) is 12.5 Å². The molecule has 3 rings (SSSR count). The van der Waals surface area contributed by atoms with Crippen molar-refractivity contribution in [2.75, 3.05) is 43.6 Å². The van der Waals surface area contributed by atoms with Gasteiger partial charge in [0.15, 0.2) is 18.1 Å². The summed E-state index contributed by atoms with van der Waals surface area (Å²) in [6.45, 7) is 5.17. The lowest BCUT2D eigenvalue weighted by molar-refractivity contribution is -0.111. The van der Waals surface area contributed by atoms with E-state index in [2.05, 4.69) is 22.3 Å². The van der Waals surface area contributed by atoms with E-state index >= 15 is 0 Å². The summed E-state index contributed by atoms with van der Waals surface area (Å²) in [4.78, 5) is 14.9. The predicted octanol–water partition coefficient (Wildman–Crippen LogP) is 4.11. The number of ether oxygens (including phenoxy) is 2. The monoisotopic (exact) mass is 437 g/mol. The summed E-state index contributed by atoms with van der Waals surface area (Å²) in [6.07, 6.45) is 3.20. The Labute approximate surface area is 187 Å². The fourth-order valence-corrected chi connectivity index (χ4v) is 4.32. The maximum Gasteiger partial charge on any atom is 0.248 e. The highest BCUT2D eigenvalue weighted by molar-refractivity contribution is 7.99. The second kappa shape index (κ2) is 11.4. The van der Waals surface area contributed by atoms with Crippen LogP contribution in [0.25, 0.3) is 6.08 Å². The average Bonchev–Trinajstić information content (AvgIpc) is 2.79. The van der Waals surface area contributed by atoms with Crippen molar-refractivity contribution in [3.8, 4) is 17.6 Å². The summed E-state index contributed by atoms with van der Waals surface area (Å²) in [6, 6.07) is 13.4. The number of carbonyl (C=O) groups is 1. The molecule has 0 aliphatic carbocycles. The lowest BCUT2D eigenvalue weighted by Crippen LogP contribution is -2.31. The van der Waals surface area contributed by atoms with Gasteiger partial charge in [0.1, 0.15) is 6.07 Å². The number of thioether (sulfide) groups is 1. The molecule has 2 aromatic rings. The van der Waals surface area contributed by atoms with Crippen molar-refractivity contribution >= 4 is 29.4 Å². The highest BCUT2D eigenvalue weighted by atomic mass is 32.2. The van der Waals surface area contributed by atoms with Gasteiger partial charge in [-0.25, -0.2) is 0 Å². The van der Waals surface area contributed by atoms with Crippen molar-refractivity contribution in [1.29, 1.82) is 5.26 Å². The Morgan fingerprint density at radius 3 is 2.74 bits per heavy atom. The van der Waals surface area contributed by atoms with Crippen LogP contribution in [0.4, 0.5) is 5.69 Å². The molecule has 0 bridgehead atoms. The molecule has 7 heteroatoms. The molecule has 0 spiro atoms. The third-order valence-corrected chi connectivity index (χ3v) is 5.91. The van der Waals surface area contributed by atoms with Crippen molar-refractivity contribution in [2.24, 2.45) is 0 Å². The lowest BCUT2D eigenvalue weighted by atomic mass is 10.1. The van der Waals surface area contributed by atoms with Gasteiger partial charge in [0, 0.05) is 42.9 Å². The van der Waals surface area contributed by atoms with Gasteiger partial charge in [0.2, 0.25) is 5.91 Å². The van der Waals surface area contributed by atoms with Gasteiger partial charge in [-0.05, 0) is 47.9 Å². The molecule has 2 aromatic carbocycles. The van der Waals surface area contributed by atoms with E-state index in [1.54, 1.807) is 24.3 Å². The zero-order chi connectivity index (χ0) is 22.1. The largest absolute Gasteiger partial charge is 0.493 e. The zero-order valence-corrected chi connectivity index (χ0v) is 18.7. The standard InChI is InChI=1S/C24H27N3O3S/c1-18-15-20(17-27-10-13-31-14-11-27)3-6-21(18)26-24(28)8-5-19-4-7-22(30-12-9-25)23(16-19)29-2/h3-8,15-16H,10-14,17H2,1-2H3,(H,26,28)/b8-5+. The summed E-state index contributed by atoms with van der Waals surface area (Å²) < 4.78 is 10.6. The van der Waals surface area contributed by atoms with Crippen LogP contribution in [0.5, 0.6) is 11.5 Å². The first kappa shape index (κ1) is 22.7. The van der Waals surface area contributed by atoms with E-state index in [1.165, 1.54) is 30.3 Å². The Morgan fingerprint density at radius 2 is 2.03 bits per heavy atom. The van der Waals surface area contributed by atoms with Gasteiger partial charge in [0.05, 0.1) is 7.11 Å². The molecule has 1 heterocycles. The van der Waals surface area contributed by atoms with Gasteiger partial charge < -0.3 is 14.8 Å². The normalized spacial score (nSPS) is 14.2. The van der Waals surface area contributed by atoms with Gasteiger partial charge in [-0.15, -0.1) is 0 Å². The second-order valence-electron chi connectivity index (χ2n) is 7.22. The minimum Gasteiger partial charge on any atom is -0.493 e. The van der Waals surface area contributed by atoms with Crippen molar-refractivity contribution in [3.63, 3.8) is 0 Å². The molecule has 1 saturated heterocycles. The minimum absolute atomic E-state index is 0.0524. The average molecular weight is 438 g/mol. The Morgan fingerprint density at radius 1 is 1.23 bits per heavy atom. The molecular weight excluding hydrogens is 410 g/mol.